The molecule has 0 saturated carbocycles. The van der Waals surface area contributed by atoms with Crippen molar-refractivity contribution in [1.29, 1.82) is 0 Å². The van der Waals surface area contributed by atoms with Crippen LogP contribution >= 0.6 is 11.3 Å². The van der Waals surface area contributed by atoms with Crippen molar-refractivity contribution in [2.24, 2.45) is 0 Å². The van der Waals surface area contributed by atoms with Gasteiger partial charge in [0.25, 0.3) is 0 Å². The summed E-state index contributed by atoms with van der Waals surface area (Å²) < 4.78 is 1.14. The molecule has 0 aliphatic carbocycles. The number of nitrogens with one attached hydrogen (secondary N) is 1. The number of hydrogen-bond donors (Lipinski definition) is 2. The maximum atomic E-state index is 10.4. The third kappa shape index (κ3) is 3.23. The zero-order valence-corrected chi connectivity index (χ0v) is 12.7. The molecule has 0 bridgehead atoms. The molecule has 0 radical (unpaired) electrons. The fourth-order valence-electron chi connectivity index (χ4n) is 2.36. The normalized spacial score (nSPS) is 14.0. The van der Waals surface area contributed by atoms with Crippen LogP contribution < -0.4 is 5.32 Å². The number of fused-ring (bicyclic) bond motifs is 1. The monoisotopic (exact) mass is 298 g/mol. The van der Waals surface area contributed by atoms with Crippen molar-refractivity contribution in [2.45, 2.75) is 25.5 Å². The third-order valence-corrected chi connectivity index (χ3v) is 4.53. The molecule has 0 spiro atoms. The van der Waals surface area contributed by atoms with Gasteiger partial charge in [-0.3, -0.25) is 4.98 Å². The van der Waals surface area contributed by atoms with Crippen LogP contribution in [0.25, 0.3) is 10.2 Å². The van der Waals surface area contributed by atoms with Gasteiger partial charge in [-0.2, -0.15) is 0 Å². The van der Waals surface area contributed by atoms with Crippen LogP contribution in [-0.4, -0.2) is 22.2 Å². The average Bonchev–Trinajstić information content (AvgIpc) is 2.98. The van der Waals surface area contributed by atoms with Crippen LogP contribution in [0.4, 0.5) is 5.69 Å². The van der Waals surface area contributed by atoms with Crippen molar-refractivity contribution in [3.05, 3.63) is 59.6 Å². The minimum Gasteiger partial charge on any atom is -0.391 e. The van der Waals surface area contributed by atoms with E-state index >= 15 is 0 Å². The lowest BCUT2D eigenvalue weighted by Gasteiger charge is -2.21. The van der Waals surface area contributed by atoms with Crippen molar-refractivity contribution < 1.29 is 5.11 Å². The summed E-state index contributed by atoms with van der Waals surface area (Å²) in [5.74, 6) is 0. The number of aliphatic hydroxyl groups is 1. The second-order valence-corrected chi connectivity index (χ2v) is 6.10. The van der Waals surface area contributed by atoms with Gasteiger partial charge < -0.3 is 10.4 Å². The van der Waals surface area contributed by atoms with Crippen molar-refractivity contribution in [1.82, 2.24) is 4.98 Å². The van der Waals surface area contributed by atoms with Crippen molar-refractivity contribution >= 4 is 27.2 Å². The first kappa shape index (κ1) is 14.0. The number of benzene rings is 1. The Morgan fingerprint density at radius 1 is 1.19 bits per heavy atom. The van der Waals surface area contributed by atoms with Crippen molar-refractivity contribution in [3.63, 3.8) is 0 Å². The Labute approximate surface area is 128 Å². The van der Waals surface area contributed by atoms with Crippen LogP contribution in [0.15, 0.2) is 54.0 Å². The Morgan fingerprint density at radius 3 is 2.81 bits per heavy atom. The molecular weight excluding hydrogens is 280 g/mol. The minimum atomic E-state index is -0.435. The standard InChI is InChI=1S/C17H18N2OS/c1-12(16(20)11-13-5-3-2-4-6-13)19-15-7-9-18-14-8-10-21-17(14)15/h2-10,12,16,20H,11H2,1H3,(H,18,19). The number of aliphatic hydroxyl groups excluding tert-OH is 1. The van der Waals surface area contributed by atoms with E-state index in [4.69, 9.17) is 0 Å². The highest BCUT2D eigenvalue weighted by Gasteiger charge is 2.16. The average molecular weight is 298 g/mol. The molecule has 3 nitrogen and oxygen atoms in total. The summed E-state index contributed by atoms with van der Waals surface area (Å²) in [4.78, 5) is 4.33. The smallest absolute Gasteiger partial charge is 0.0830 e. The highest BCUT2D eigenvalue weighted by molar-refractivity contribution is 7.17. The van der Waals surface area contributed by atoms with Gasteiger partial charge in [0.05, 0.1) is 22.0 Å². The lowest BCUT2D eigenvalue weighted by atomic mass is 10.0. The van der Waals surface area contributed by atoms with E-state index in [0.29, 0.717) is 6.42 Å². The molecule has 21 heavy (non-hydrogen) atoms. The summed E-state index contributed by atoms with van der Waals surface area (Å²) in [6.45, 7) is 2.01. The quantitative estimate of drug-likeness (QED) is 0.755. The van der Waals surface area contributed by atoms with Gasteiger partial charge in [0, 0.05) is 18.7 Å². The summed E-state index contributed by atoms with van der Waals surface area (Å²) >= 11 is 1.66. The van der Waals surface area contributed by atoms with Gasteiger partial charge in [0.1, 0.15) is 0 Å². The van der Waals surface area contributed by atoms with Gasteiger partial charge in [-0.1, -0.05) is 30.3 Å². The molecule has 2 aromatic heterocycles. The Balaban J connectivity index is 1.71. The molecule has 0 aliphatic heterocycles. The Morgan fingerprint density at radius 2 is 2.00 bits per heavy atom. The van der Waals surface area contributed by atoms with E-state index in [1.807, 2.05) is 54.8 Å². The molecule has 4 heteroatoms. The second-order valence-electron chi connectivity index (χ2n) is 5.18. The molecule has 1 aromatic carbocycles. The first-order chi connectivity index (χ1) is 10.2. The van der Waals surface area contributed by atoms with Crippen LogP contribution in [0.3, 0.4) is 0 Å². The molecule has 0 amide bonds. The summed E-state index contributed by atoms with van der Waals surface area (Å²) in [5, 5.41) is 15.8. The predicted octanol–water partition coefficient (Wildman–Crippen LogP) is 3.70. The molecule has 0 saturated heterocycles. The Kier molecular flexibility index (Phi) is 4.18. The fourth-order valence-corrected chi connectivity index (χ4v) is 3.19. The molecular formula is C17H18N2OS. The topological polar surface area (TPSA) is 45.2 Å². The number of thiophene rings is 1. The van der Waals surface area contributed by atoms with Gasteiger partial charge in [-0.15, -0.1) is 11.3 Å². The SMILES string of the molecule is CC(Nc1ccnc2ccsc12)C(O)Cc1ccccc1. The van der Waals surface area contributed by atoms with E-state index in [1.165, 1.54) is 0 Å². The van der Waals surface area contributed by atoms with E-state index in [-0.39, 0.29) is 6.04 Å². The van der Waals surface area contributed by atoms with E-state index in [1.54, 1.807) is 17.5 Å². The molecule has 2 N–H and O–H groups in total. The van der Waals surface area contributed by atoms with Gasteiger partial charge in [-0.25, -0.2) is 0 Å². The molecule has 2 unspecified atom stereocenters. The second kappa shape index (κ2) is 6.24. The van der Waals surface area contributed by atoms with Gasteiger partial charge in [0.15, 0.2) is 0 Å². The number of nitrogens with zero attached hydrogens (tertiary/aromatic N) is 1. The number of aromatic nitrogens is 1. The van der Waals surface area contributed by atoms with Crippen LogP contribution in [0.2, 0.25) is 0 Å². The molecule has 0 aliphatic rings. The van der Waals surface area contributed by atoms with Crippen LogP contribution in [0.1, 0.15) is 12.5 Å². The maximum Gasteiger partial charge on any atom is 0.0830 e. The molecule has 2 heterocycles. The van der Waals surface area contributed by atoms with E-state index in [0.717, 1.165) is 21.5 Å². The zero-order chi connectivity index (χ0) is 14.7. The highest BCUT2D eigenvalue weighted by atomic mass is 32.1. The van der Waals surface area contributed by atoms with Crippen molar-refractivity contribution in [3.8, 4) is 0 Å². The number of anilines is 1. The maximum absolute atomic E-state index is 10.4. The van der Waals surface area contributed by atoms with E-state index < -0.39 is 6.10 Å². The first-order valence-electron chi connectivity index (χ1n) is 7.05. The largest absolute Gasteiger partial charge is 0.391 e. The summed E-state index contributed by atoms with van der Waals surface area (Å²) in [6, 6.07) is 14.0. The summed E-state index contributed by atoms with van der Waals surface area (Å²) in [5.41, 5.74) is 3.18. The summed E-state index contributed by atoms with van der Waals surface area (Å²) in [6.07, 6.45) is 2.01. The van der Waals surface area contributed by atoms with Gasteiger partial charge in [-0.05, 0) is 30.0 Å². The summed E-state index contributed by atoms with van der Waals surface area (Å²) in [7, 11) is 0. The van der Waals surface area contributed by atoms with E-state index in [2.05, 4.69) is 10.3 Å². The van der Waals surface area contributed by atoms with Crippen LogP contribution in [-0.2, 0) is 6.42 Å². The molecule has 108 valence electrons. The minimum absolute atomic E-state index is 0.0297. The number of pyridine rings is 1. The number of rotatable bonds is 5. The molecule has 3 rings (SSSR count). The Hall–Kier alpha value is -1.91. The lowest BCUT2D eigenvalue weighted by Crippen LogP contribution is -2.32. The van der Waals surface area contributed by atoms with Crippen LogP contribution in [0, 0.1) is 0 Å². The molecule has 2 atom stereocenters. The highest BCUT2D eigenvalue weighted by Crippen LogP contribution is 2.27. The third-order valence-electron chi connectivity index (χ3n) is 3.59. The van der Waals surface area contributed by atoms with E-state index in [9.17, 15) is 5.11 Å². The first-order valence-corrected chi connectivity index (χ1v) is 7.93. The molecule has 0 fully saturated rings. The fraction of sp³-hybridized carbons (Fsp3) is 0.235. The van der Waals surface area contributed by atoms with Gasteiger partial charge in [0.2, 0.25) is 0 Å². The Bertz CT molecular complexity index is 711. The molecule has 3 aromatic rings. The number of hydrogen-bond acceptors (Lipinski definition) is 4. The predicted molar refractivity (Wildman–Crippen MR) is 88.9 cm³/mol. The van der Waals surface area contributed by atoms with Crippen LogP contribution in [0.5, 0.6) is 0 Å². The van der Waals surface area contributed by atoms with Crippen molar-refractivity contribution in [2.75, 3.05) is 5.32 Å². The zero-order valence-electron chi connectivity index (χ0n) is 11.9. The lowest BCUT2D eigenvalue weighted by molar-refractivity contribution is 0.158. The van der Waals surface area contributed by atoms with Gasteiger partial charge >= 0.3 is 0 Å².